The molecule has 0 radical (unpaired) electrons. The number of carbonyl (C=O) groups is 1. The number of hydrogen-bond acceptors (Lipinski definition) is 9. The van der Waals surface area contributed by atoms with E-state index in [0.29, 0.717) is 47.7 Å². The van der Waals surface area contributed by atoms with E-state index in [-0.39, 0.29) is 29.8 Å². The summed E-state index contributed by atoms with van der Waals surface area (Å²) in [6.45, 7) is 3.19. The third-order valence-electron chi connectivity index (χ3n) is 10.5. The van der Waals surface area contributed by atoms with Crippen molar-refractivity contribution in [3.8, 4) is 22.3 Å². The van der Waals surface area contributed by atoms with Gasteiger partial charge in [-0.05, 0) is 73.8 Å². The Labute approximate surface area is 315 Å². The Morgan fingerprint density at radius 2 is 1.77 bits per heavy atom. The van der Waals surface area contributed by atoms with Gasteiger partial charge in [0.2, 0.25) is 5.91 Å². The molecule has 2 aliphatic rings. The highest BCUT2D eigenvalue weighted by atomic mass is 35.5. The Bertz CT molecular complexity index is 2340. The molecule has 2 aliphatic heterocycles. The fourth-order valence-electron chi connectivity index (χ4n) is 7.65. The standard InChI is InChI=1S/C40H37ClN8O3S/c41-29-7-10-31(11-8-29)49-17-13-34-36(49)45-26-48(39(34)51)25-40(52)14-18-47(19-15-40)38(50)33-12-16-46(24-35(33)27-4-2-1-3-5-27)23-32-22-44-37(53-32)28-6-9-30(20-42)43-21-28/h1-11,13,17,21-22,26,33,35,52H,12,14-16,18-19,23-25H2/t33-,35+/m1/s1. The van der Waals surface area contributed by atoms with Gasteiger partial charge >= 0.3 is 0 Å². The Hall–Kier alpha value is -5.19. The average molecular weight is 745 g/mol. The highest BCUT2D eigenvalue weighted by Crippen LogP contribution is 2.37. The molecule has 2 saturated heterocycles. The van der Waals surface area contributed by atoms with Crippen LogP contribution in [0.25, 0.3) is 27.3 Å². The largest absolute Gasteiger partial charge is 0.388 e. The first kappa shape index (κ1) is 34.9. The zero-order valence-corrected chi connectivity index (χ0v) is 30.5. The van der Waals surface area contributed by atoms with Crippen LogP contribution < -0.4 is 5.56 Å². The number of hydrogen-bond donors (Lipinski definition) is 1. The van der Waals surface area contributed by atoms with Crippen molar-refractivity contribution in [3.63, 3.8) is 0 Å². The summed E-state index contributed by atoms with van der Waals surface area (Å²) < 4.78 is 3.33. The summed E-state index contributed by atoms with van der Waals surface area (Å²) in [6.07, 6.45) is 8.36. The first-order chi connectivity index (χ1) is 25.8. The van der Waals surface area contributed by atoms with Crippen LogP contribution >= 0.6 is 22.9 Å². The Morgan fingerprint density at radius 1 is 0.981 bits per heavy atom. The summed E-state index contributed by atoms with van der Waals surface area (Å²) in [5, 5.41) is 22.7. The van der Waals surface area contributed by atoms with Crippen LogP contribution in [0.5, 0.6) is 0 Å². The van der Waals surface area contributed by atoms with Crippen LogP contribution in [-0.4, -0.2) is 76.7 Å². The molecular formula is C40H37ClN8O3S. The molecular weight excluding hydrogens is 708 g/mol. The lowest BCUT2D eigenvalue weighted by molar-refractivity contribution is -0.142. The van der Waals surface area contributed by atoms with E-state index in [1.807, 2.05) is 58.3 Å². The number of likely N-dealkylation sites (tertiary alicyclic amines) is 2. The van der Waals surface area contributed by atoms with E-state index in [0.717, 1.165) is 52.8 Å². The van der Waals surface area contributed by atoms with Gasteiger partial charge in [0, 0.05) is 77.8 Å². The second-order valence-corrected chi connectivity index (χ2v) is 15.5. The molecule has 0 spiro atoms. The monoisotopic (exact) mass is 744 g/mol. The van der Waals surface area contributed by atoms with E-state index < -0.39 is 5.60 Å². The SMILES string of the molecule is N#Cc1ccc(-c2ncc(CN3CC[C@@H](C(=O)N4CCC(O)(Cn5cnc6c(ccn6-c6ccc(Cl)cc6)c5=O)CC4)[C@H](c4ccccc4)C3)s2)cn1. The van der Waals surface area contributed by atoms with Crippen molar-refractivity contribution >= 4 is 39.9 Å². The molecule has 4 aromatic heterocycles. The van der Waals surface area contributed by atoms with Gasteiger partial charge in [0.25, 0.3) is 5.56 Å². The highest BCUT2D eigenvalue weighted by Gasteiger charge is 2.41. The Kier molecular flexibility index (Phi) is 9.66. The number of benzene rings is 2. The maximum Gasteiger partial charge on any atom is 0.262 e. The number of piperidine rings is 2. The smallest absolute Gasteiger partial charge is 0.262 e. The minimum atomic E-state index is -1.14. The number of rotatable bonds is 8. The van der Waals surface area contributed by atoms with Crippen LogP contribution in [0.2, 0.25) is 5.02 Å². The zero-order chi connectivity index (χ0) is 36.5. The molecule has 268 valence electrons. The summed E-state index contributed by atoms with van der Waals surface area (Å²) in [6, 6.07) is 25.0. The van der Waals surface area contributed by atoms with E-state index in [9.17, 15) is 14.7 Å². The maximum absolute atomic E-state index is 14.2. The van der Waals surface area contributed by atoms with Gasteiger partial charge in [-0.2, -0.15) is 5.26 Å². The predicted molar refractivity (Wildman–Crippen MR) is 204 cm³/mol. The average Bonchev–Trinajstić information content (AvgIpc) is 3.85. The molecule has 8 rings (SSSR count). The maximum atomic E-state index is 14.2. The zero-order valence-electron chi connectivity index (χ0n) is 28.9. The van der Waals surface area contributed by atoms with Gasteiger partial charge in [-0.25, -0.2) is 15.0 Å². The fourth-order valence-corrected chi connectivity index (χ4v) is 8.72. The van der Waals surface area contributed by atoms with Gasteiger partial charge < -0.3 is 14.6 Å². The van der Waals surface area contributed by atoms with Crippen LogP contribution in [0.4, 0.5) is 0 Å². The third kappa shape index (κ3) is 7.26. The first-order valence-electron chi connectivity index (χ1n) is 17.7. The van der Waals surface area contributed by atoms with E-state index in [1.165, 1.54) is 10.9 Å². The number of nitriles is 1. The second-order valence-electron chi connectivity index (χ2n) is 13.9. The molecule has 0 saturated carbocycles. The number of pyridine rings is 1. The third-order valence-corrected chi connectivity index (χ3v) is 11.8. The number of amides is 1. The van der Waals surface area contributed by atoms with Crippen LogP contribution in [-0.2, 0) is 17.9 Å². The number of aliphatic hydroxyl groups is 1. The fraction of sp³-hybridized carbons (Fsp3) is 0.300. The molecule has 1 N–H and O–H groups in total. The predicted octanol–water partition coefficient (Wildman–Crippen LogP) is 5.89. The minimum absolute atomic E-state index is 0.0185. The normalized spacial score (nSPS) is 18.9. The van der Waals surface area contributed by atoms with Gasteiger partial charge in [-0.1, -0.05) is 41.9 Å². The summed E-state index contributed by atoms with van der Waals surface area (Å²) in [5.41, 5.74) is 2.43. The summed E-state index contributed by atoms with van der Waals surface area (Å²) in [5.74, 6) is -0.0387. The molecule has 0 aliphatic carbocycles. The van der Waals surface area contributed by atoms with E-state index in [1.54, 1.807) is 41.8 Å². The van der Waals surface area contributed by atoms with Gasteiger partial charge in [-0.15, -0.1) is 11.3 Å². The van der Waals surface area contributed by atoms with Crippen LogP contribution in [0.1, 0.15) is 41.3 Å². The molecule has 11 nitrogen and oxygen atoms in total. The van der Waals surface area contributed by atoms with Crippen LogP contribution in [0.3, 0.4) is 0 Å². The topological polar surface area (TPSA) is 133 Å². The van der Waals surface area contributed by atoms with Gasteiger partial charge in [0.15, 0.2) is 5.65 Å². The quantitative estimate of drug-likeness (QED) is 0.204. The lowest BCUT2D eigenvalue weighted by Crippen LogP contribution is -2.53. The molecule has 2 fully saturated rings. The lowest BCUT2D eigenvalue weighted by Gasteiger charge is -2.43. The molecule has 2 aromatic carbocycles. The number of aromatic nitrogens is 5. The van der Waals surface area contributed by atoms with Gasteiger partial charge in [0.05, 0.1) is 17.5 Å². The number of fused-ring (bicyclic) bond motifs is 1. The first-order valence-corrected chi connectivity index (χ1v) is 18.9. The van der Waals surface area contributed by atoms with Crippen LogP contribution in [0, 0.1) is 17.2 Å². The van der Waals surface area contributed by atoms with Crippen LogP contribution in [0.15, 0.2) is 103 Å². The number of thiazole rings is 1. The number of halogens is 1. The molecule has 6 aromatic rings. The molecule has 1 amide bonds. The van der Waals surface area contributed by atoms with Crippen molar-refractivity contribution in [1.29, 1.82) is 5.26 Å². The minimum Gasteiger partial charge on any atom is -0.388 e. The summed E-state index contributed by atoms with van der Waals surface area (Å²) in [4.78, 5) is 46.6. The summed E-state index contributed by atoms with van der Waals surface area (Å²) >= 11 is 7.68. The molecule has 53 heavy (non-hydrogen) atoms. The highest BCUT2D eigenvalue weighted by molar-refractivity contribution is 7.15. The van der Waals surface area contributed by atoms with Crippen molar-refractivity contribution < 1.29 is 9.90 Å². The number of carbonyl (C=O) groups excluding carboxylic acids is 1. The van der Waals surface area contributed by atoms with Gasteiger partial charge in [0.1, 0.15) is 23.1 Å². The second kappa shape index (κ2) is 14.7. The molecule has 0 unspecified atom stereocenters. The van der Waals surface area contributed by atoms with Crippen molar-refractivity contribution in [2.24, 2.45) is 5.92 Å². The van der Waals surface area contributed by atoms with E-state index in [2.05, 4.69) is 38.1 Å². The van der Waals surface area contributed by atoms with E-state index >= 15 is 0 Å². The molecule has 13 heteroatoms. The van der Waals surface area contributed by atoms with Crippen molar-refractivity contribution in [1.82, 2.24) is 33.9 Å². The molecule has 2 atom stereocenters. The van der Waals surface area contributed by atoms with Gasteiger partial charge in [-0.3, -0.25) is 19.1 Å². The Morgan fingerprint density at radius 3 is 2.51 bits per heavy atom. The van der Waals surface area contributed by atoms with Crippen molar-refractivity contribution in [3.05, 3.63) is 129 Å². The molecule has 6 heterocycles. The Balaban J connectivity index is 0.924. The van der Waals surface area contributed by atoms with Crippen molar-refractivity contribution in [2.75, 3.05) is 26.2 Å². The van der Waals surface area contributed by atoms with E-state index in [4.69, 9.17) is 16.9 Å². The lowest BCUT2D eigenvalue weighted by atomic mass is 9.79. The van der Waals surface area contributed by atoms with Crippen molar-refractivity contribution in [2.45, 2.75) is 43.9 Å². The summed E-state index contributed by atoms with van der Waals surface area (Å²) in [7, 11) is 0. The number of nitrogens with zero attached hydrogens (tertiary/aromatic N) is 8. The molecule has 0 bridgehead atoms.